The molecule has 0 bridgehead atoms. The van der Waals surface area contributed by atoms with E-state index < -0.39 is 0 Å². The molecule has 8 heteroatoms. The summed E-state index contributed by atoms with van der Waals surface area (Å²) < 4.78 is 16.3. The molecule has 7 nitrogen and oxygen atoms in total. The predicted molar refractivity (Wildman–Crippen MR) is 109 cm³/mol. The zero-order valence-electron chi connectivity index (χ0n) is 16.8. The van der Waals surface area contributed by atoms with E-state index in [0.717, 1.165) is 28.8 Å². The van der Waals surface area contributed by atoms with Crippen molar-refractivity contribution < 1.29 is 14.2 Å². The number of rotatable bonds is 8. The van der Waals surface area contributed by atoms with Crippen LogP contribution in [0.4, 0.5) is 0 Å². The normalized spacial score (nSPS) is 11.3. The van der Waals surface area contributed by atoms with Crippen LogP contribution in [0.2, 0.25) is 0 Å². The highest BCUT2D eigenvalue weighted by Gasteiger charge is 2.16. The van der Waals surface area contributed by atoms with Gasteiger partial charge in [-0.3, -0.25) is 0 Å². The minimum Gasteiger partial charge on any atom is -0.493 e. The maximum absolute atomic E-state index is 5.54. The number of guanidine groups is 1. The van der Waals surface area contributed by atoms with Crippen LogP contribution < -0.4 is 19.5 Å². The van der Waals surface area contributed by atoms with E-state index in [-0.39, 0.29) is 0 Å². The molecule has 1 N–H and O–H groups in total. The maximum atomic E-state index is 5.54. The first-order valence-corrected chi connectivity index (χ1v) is 9.60. The first-order chi connectivity index (χ1) is 13.0. The van der Waals surface area contributed by atoms with E-state index in [0.29, 0.717) is 30.3 Å². The number of thiazole rings is 1. The molecule has 148 valence electrons. The molecule has 2 aromatic rings. The molecule has 0 aliphatic heterocycles. The predicted octanol–water partition coefficient (Wildman–Crippen LogP) is 3.07. The number of aliphatic imine (C=N–C) groups is 1. The lowest BCUT2D eigenvalue weighted by molar-refractivity contribution is 0.322. The molecule has 0 fully saturated rings. The van der Waals surface area contributed by atoms with Crippen molar-refractivity contribution in [2.24, 2.45) is 4.99 Å². The van der Waals surface area contributed by atoms with Crippen LogP contribution in [0.3, 0.4) is 0 Å². The minimum atomic E-state index is 0.451. The Morgan fingerprint density at radius 3 is 2.48 bits per heavy atom. The highest BCUT2D eigenvalue weighted by Crippen LogP contribution is 2.39. The monoisotopic (exact) mass is 392 g/mol. The molecule has 0 atom stereocenters. The third kappa shape index (κ3) is 5.26. The highest BCUT2D eigenvalue weighted by atomic mass is 32.1. The van der Waals surface area contributed by atoms with Crippen molar-refractivity contribution in [3.63, 3.8) is 0 Å². The van der Waals surface area contributed by atoms with E-state index in [4.69, 9.17) is 19.2 Å². The van der Waals surface area contributed by atoms with Gasteiger partial charge in [0.05, 0.1) is 45.1 Å². The molecular formula is C19H28N4O3S. The van der Waals surface area contributed by atoms with E-state index in [1.54, 1.807) is 32.7 Å². The molecule has 0 unspecified atom stereocenters. The Hall–Kier alpha value is -2.48. The average molecular weight is 393 g/mol. The number of nitrogens with one attached hydrogen (secondary N) is 1. The van der Waals surface area contributed by atoms with Crippen LogP contribution in [0.1, 0.15) is 23.2 Å². The molecule has 0 amide bonds. The molecule has 0 spiro atoms. The van der Waals surface area contributed by atoms with Gasteiger partial charge in [0.15, 0.2) is 17.5 Å². The first kappa shape index (κ1) is 20.8. The number of nitrogens with zero attached hydrogens (tertiary/aromatic N) is 3. The summed E-state index contributed by atoms with van der Waals surface area (Å²) in [5.41, 5.74) is 1.96. The Bertz CT molecular complexity index is 776. The van der Waals surface area contributed by atoms with E-state index in [1.165, 1.54) is 0 Å². The Labute approximate surface area is 165 Å². The fraction of sp³-hybridized carbons (Fsp3) is 0.474. The zero-order valence-corrected chi connectivity index (χ0v) is 17.6. The number of hydrogen-bond acceptors (Lipinski definition) is 6. The van der Waals surface area contributed by atoms with Gasteiger partial charge >= 0.3 is 0 Å². The molecule has 0 radical (unpaired) electrons. The summed E-state index contributed by atoms with van der Waals surface area (Å²) in [6.07, 6.45) is 0. The van der Waals surface area contributed by atoms with Gasteiger partial charge in [0.2, 0.25) is 5.75 Å². The van der Waals surface area contributed by atoms with Gasteiger partial charge in [-0.15, -0.1) is 11.3 Å². The maximum Gasteiger partial charge on any atom is 0.203 e. The molecule has 27 heavy (non-hydrogen) atoms. The molecule has 1 aromatic carbocycles. The van der Waals surface area contributed by atoms with Crippen molar-refractivity contribution in [2.75, 3.05) is 34.9 Å². The van der Waals surface area contributed by atoms with E-state index in [9.17, 15) is 0 Å². The van der Waals surface area contributed by atoms with Crippen LogP contribution in [0.5, 0.6) is 17.2 Å². The van der Waals surface area contributed by atoms with Crippen LogP contribution in [-0.2, 0) is 13.1 Å². The standard InChI is InChI=1S/C19H28N4O3S/c1-7-20-19(23(3)11-15-12-27-13(2)22-15)21-10-14-8-9-16(24-4)18(26-6)17(14)25-5/h8-9,12H,7,10-11H2,1-6H3,(H,20,21). The summed E-state index contributed by atoms with van der Waals surface area (Å²) in [7, 11) is 6.82. The lowest BCUT2D eigenvalue weighted by atomic mass is 10.1. The Morgan fingerprint density at radius 2 is 1.93 bits per heavy atom. The van der Waals surface area contributed by atoms with Crippen molar-refractivity contribution in [2.45, 2.75) is 26.9 Å². The molecule has 1 heterocycles. The topological polar surface area (TPSA) is 68.2 Å². The molecular weight excluding hydrogens is 364 g/mol. The molecule has 1 aromatic heterocycles. The van der Waals surface area contributed by atoms with E-state index >= 15 is 0 Å². The van der Waals surface area contributed by atoms with Gasteiger partial charge in [-0.2, -0.15) is 0 Å². The third-order valence-corrected chi connectivity index (χ3v) is 4.77. The lowest BCUT2D eigenvalue weighted by Gasteiger charge is -2.21. The smallest absolute Gasteiger partial charge is 0.203 e. The summed E-state index contributed by atoms with van der Waals surface area (Å²) in [6, 6.07) is 3.80. The molecule has 2 rings (SSSR count). The van der Waals surface area contributed by atoms with Crippen molar-refractivity contribution in [1.82, 2.24) is 15.2 Å². The molecule has 0 saturated carbocycles. The SMILES string of the molecule is CCNC(=NCc1ccc(OC)c(OC)c1OC)N(C)Cc1csc(C)n1. The minimum absolute atomic E-state index is 0.451. The lowest BCUT2D eigenvalue weighted by Crippen LogP contribution is -2.38. The molecule has 0 aliphatic rings. The number of methoxy groups -OCH3 is 3. The Morgan fingerprint density at radius 1 is 1.19 bits per heavy atom. The van der Waals surface area contributed by atoms with E-state index in [1.807, 2.05) is 33.0 Å². The highest BCUT2D eigenvalue weighted by molar-refractivity contribution is 7.09. The molecule has 0 aliphatic carbocycles. The quantitative estimate of drug-likeness (QED) is 0.550. The summed E-state index contributed by atoms with van der Waals surface area (Å²) in [4.78, 5) is 11.3. The van der Waals surface area contributed by atoms with Gasteiger partial charge in [0.1, 0.15) is 0 Å². The second-order valence-electron chi connectivity index (χ2n) is 5.88. The fourth-order valence-corrected chi connectivity index (χ4v) is 3.32. The first-order valence-electron chi connectivity index (χ1n) is 8.72. The third-order valence-electron chi connectivity index (χ3n) is 3.95. The molecule has 0 saturated heterocycles. The van der Waals surface area contributed by atoms with Crippen LogP contribution in [0.25, 0.3) is 0 Å². The van der Waals surface area contributed by atoms with Gasteiger partial charge in [-0.1, -0.05) is 0 Å². The van der Waals surface area contributed by atoms with Crippen LogP contribution in [-0.4, -0.2) is 50.8 Å². The average Bonchev–Trinajstić information content (AvgIpc) is 3.08. The van der Waals surface area contributed by atoms with Gasteiger partial charge in [0, 0.05) is 24.5 Å². The van der Waals surface area contributed by atoms with Gasteiger partial charge in [0.25, 0.3) is 0 Å². The van der Waals surface area contributed by atoms with Crippen LogP contribution >= 0.6 is 11.3 Å². The number of ether oxygens (including phenoxy) is 3. The van der Waals surface area contributed by atoms with Crippen LogP contribution in [0.15, 0.2) is 22.5 Å². The van der Waals surface area contributed by atoms with Gasteiger partial charge in [-0.25, -0.2) is 9.98 Å². The second-order valence-corrected chi connectivity index (χ2v) is 6.94. The van der Waals surface area contributed by atoms with Crippen molar-refractivity contribution in [3.05, 3.63) is 33.8 Å². The largest absolute Gasteiger partial charge is 0.493 e. The number of benzene rings is 1. The summed E-state index contributed by atoms with van der Waals surface area (Å²) >= 11 is 1.65. The van der Waals surface area contributed by atoms with E-state index in [2.05, 4.69) is 20.6 Å². The summed E-state index contributed by atoms with van der Waals surface area (Å²) in [5.74, 6) is 2.64. The van der Waals surface area contributed by atoms with Crippen molar-refractivity contribution in [3.8, 4) is 17.2 Å². The van der Waals surface area contributed by atoms with Gasteiger partial charge < -0.3 is 24.4 Å². The number of hydrogen-bond donors (Lipinski definition) is 1. The Kier molecular flexibility index (Phi) is 7.72. The second kappa shape index (κ2) is 10.0. The number of aryl methyl sites for hydroxylation is 1. The number of aromatic nitrogens is 1. The Balaban J connectivity index is 2.23. The summed E-state index contributed by atoms with van der Waals surface area (Å²) in [5, 5.41) is 6.46. The van der Waals surface area contributed by atoms with Gasteiger partial charge in [-0.05, 0) is 26.0 Å². The van der Waals surface area contributed by atoms with Crippen molar-refractivity contribution in [1.29, 1.82) is 0 Å². The fourth-order valence-electron chi connectivity index (χ4n) is 2.72. The summed E-state index contributed by atoms with van der Waals surface area (Å²) in [6.45, 7) is 5.98. The van der Waals surface area contributed by atoms with Crippen LogP contribution in [0, 0.1) is 6.92 Å². The zero-order chi connectivity index (χ0) is 19.8. The van der Waals surface area contributed by atoms with Crippen molar-refractivity contribution >= 4 is 17.3 Å².